The Kier molecular flexibility index (Phi) is 1.56. The van der Waals surface area contributed by atoms with Gasteiger partial charge in [-0.05, 0) is 6.92 Å². The lowest BCUT2D eigenvalue weighted by Gasteiger charge is -1.97. The van der Waals surface area contributed by atoms with Gasteiger partial charge in [-0.25, -0.2) is 4.52 Å². The summed E-state index contributed by atoms with van der Waals surface area (Å²) >= 11 is 0. The number of rotatable bonds is 1. The third-order valence-electron chi connectivity index (χ3n) is 1.86. The minimum Gasteiger partial charge on any atom is -0.260 e. The number of nitrogens with zero attached hydrogens (tertiary/aromatic N) is 4. The van der Waals surface area contributed by atoms with Gasteiger partial charge >= 0.3 is 11.2 Å². The second kappa shape index (κ2) is 2.62. The van der Waals surface area contributed by atoms with Crippen molar-refractivity contribution in [2.75, 3.05) is 0 Å². The molecular weight excluding hydrogens is 190 g/mol. The van der Waals surface area contributed by atoms with Gasteiger partial charge in [-0.2, -0.15) is 0 Å². The molecule has 14 heavy (non-hydrogen) atoms. The molecule has 0 amide bonds. The summed E-state index contributed by atoms with van der Waals surface area (Å²) in [6, 6.07) is 0. The molecule has 8 heteroatoms. The van der Waals surface area contributed by atoms with Crippen LogP contribution in [0, 0.1) is 17.0 Å². The molecule has 0 aromatic carbocycles. The van der Waals surface area contributed by atoms with E-state index >= 15 is 0 Å². The van der Waals surface area contributed by atoms with Crippen LogP contribution >= 0.6 is 0 Å². The lowest BCUT2D eigenvalue weighted by Crippen LogP contribution is -2.17. The topological polar surface area (TPSA) is 106 Å². The summed E-state index contributed by atoms with van der Waals surface area (Å²) in [4.78, 5) is 21.0. The molecule has 72 valence electrons. The lowest BCUT2D eigenvalue weighted by molar-refractivity contribution is -0.386. The fourth-order valence-electron chi connectivity index (χ4n) is 1.23. The van der Waals surface area contributed by atoms with Crippen LogP contribution in [0.5, 0.6) is 0 Å². The Morgan fingerprint density at radius 2 is 2.36 bits per heavy atom. The first-order valence-corrected chi connectivity index (χ1v) is 3.68. The van der Waals surface area contributed by atoms with E-state index in [1.807, 2.05) is 0 Å². The Bertz CT molecular complexity index is 568. The molecule has 1 N–H and O–H groups in total. The van der Waals surface area contributed by atoms with Crippen molar-refractivity contribution in [3.8, 4) is 0 Å². The van der Waals surface area contributed by atoms with Crippen LogP contribution in [0.2, 0.25) is 0 Å². The van der Waals surface area contributed by atoms with Crippen molar-refractivity contribution in [1.82, 2.24) is 19.8 Å². The molecule has 2 rings (SSSR count). The molecule has 2 aromatic rings. The van der Waals surface area contributed by atoms with Gasteiger partial charge in [0.05, 0.1) is 10.5 Å². The zero-order valence-corrected chi connectivity index (χ0v) is 7.09. The highest BCUT2D eigenvalue weighted by Crippen LogP contribution is 2.13. The smallest absolute Gasteiger partial charge is 0.260 e. The number of aryl methyl sites for hydroxylation is 1. The minimum atomic E-state index is -0.764. The van der Waals surface area contributed by atoms with E-state index in [4.69, 9.17) is 0 Å². The van der Waals surface area contributed by atoms with Crippen molar-refractivity contribution in [2.24, 2.45) is 0 Å². The van der Waals surface area contributed by atoms with Crippen LogP contribution in [0.3, 0.4) is 0 Å². The van der Waals surface area contributed by atoms with Gasteiger partial charge in [-0.3, -0.25) is 20.0 Å². The number of fused-ring (bicyclic) bond motifs is 1. The van der Waals surface area contributed by atoms with Gasteiger partial charge in [0.2, 0.25) is 0 Å². The summed E-state index contributed by atoms with van der Waals surface area (Å²) in [6.07, 6.45) is 1.27. The Hall–Kier alpha value is -2.25. The second-order valence-electron chi connectivity index (χ2n) is 2.70. The highest BCUT2D eigenvalue weighted by atomic mass is 16.6. The summed E-state index contributed by atoms with van der Waals surface area (Å²) in [5.74, 6) is 0. The highest BCUT2D eigenvalue weighted by molar-refractivity contribution is 5.54. The zero-order valence-electron chi connectivity index (χ0n) is 7.09. The molecule has 2 aromatic heterocycles. The van der Waals surface area contributed by atoms with Gasteiger partial charge in [-0.1, -0.05) is 0 Å². The predicted octanol–water partition coefficient (Wildman–Crippen LogP) is -0.366. The average molecular weight is 195 g/mol. The molecule has 2 heterocycles. The maximum atomic E-state index is 11.2. The van der Waals surface area contributed by atoms with Gasteiger partial charge in [0.25, 0.3) is 0 Å². The maximum Gasteiger partial charge on any atom is 0.341 e. The SMILES string of the molecule is Cc1c([N+](=O)[O-])c(=O)[nH]n2cnnc12. The third-order valence-corrected chi connectivity index (χ3v) is 1.86. The van der Waals surface area contributed by atoms with E-state index in [1.54, 1.807) is 0 Å². The van der Waals surface area contributed by atoms with Crippen LogP contribution in [0.25, 0.3) is 5.65 Å². The largest absolute Gasteiger partial charge is 0.341 e. The molecule has 0 spiro atoms. The molecule has 0 saturated heterocycles. The molecule has 0 aliphatic heterocycles. The molecule has 0 aliphatic carbocycles. The average Bonchev–Trinajstić information content (AvgIpc) is 2.50. The van der Waals surface area contributed by atoms with E-state index in [0.29, 0.717) is 0 Å². The number of nitro groups is 1. The third kappa shape index (κ3) is 0.969. The standard InChI is InChI=1S/C6H5N5O3/c1-3-4(11(13)14)6(12)9-10-2-7-8-5(3)10/h2H,1H3,(H,9,12). The van der Waals surface area contributed by atoms with E-state index in [9.17, 15) is 14.9 Å². The zero-order chi connectivity index (χ0) is 10.3. The van der Waals surface area contributed by atoms with Gasteiger partial charge in [0.15, 0.2) is 5.65 Å². The quantitative estimate of drug-likeness (QED) is 0.493. The van der Waals surface area contributed by atoms with E-state index in [1.165, 1.54) is 17.8 Å². The van der Waals surface area contributed by atoms with Crippen molar-refractivity contribution < 1.29 is 4.92 Å². The van der Waals surface area contributed by atoms with Gasteiger partial charge in [-0.15, -0.1) is 10.2 Å². The number of hydrogen-bond acceptors (Lipinski definition) is 5. The minimum absolute atomic E-state index is 0.205. The maximum absolute atomic E-state index is 11.2. The number of H-pyrrole nitrogens is 1. The fourth-order valence-corrected chi connectivity index (χ4v) is 1.23. The molecule has 0 saturated carbocycles. The molecule has 0 unspecified atom stereocenters. The molecule has 0 aliphatic rings. The predicted molar refractivity (Wildman–Crippen MR) is 45.0 cm³/mol. The van der Waals surface area contributed by atoms with E-state index < -0.39 is 16.2 Å². The van der Waals surface area contributed by atoms with Crippen molar-refractivity contribution >= 4 is 11.3 Å². The summed E-state index contributed by atoms with van der Waals surface area (Å²) in [5, 5.41) is 20.0. The van der Waals surface area contributed by atoms with Crippen LogP contribution in [0.4, 0.5) is 5.69 Å². The highest BCUT2D eigenvalue weighted by Gasteiger charge is 2.20. The Morgan fingerprint density at radius 3 is 3.00 bits per heavy atom. The summed E-state index contributed by atoms with van der Waals surface area (Å²) in [7, 11) is 0. The van der Waals surface area contributed by atoms with E-state index in [2.05, 4.69) is 15.3 Å². The van der Waals surface area contributed by atoms with E-state index in [-0.39, 0.29) is 11.2 Å². The van der Waals surface area contributed by atoms with Crippen LogP contribution < -0.4 is 5.56 Å². The van der Waals surface area contributed by atoms with Crippen molar-refractivity contribution in [1.29, 1.82) is 0 Å². The van der Waals surface area contributed by atoms with Crippen molar-refractivity contribution in [3.05, 3.63) is 32.4 Å². The number of aromatic amines is 1. The molecule has 0 bridgehead atoms. The molecule has 0 atom stereocenters. The van der Waals surface area contributed by atoms with Crippen molar-refractivity contribution in [2.45, 2.75) is 6.92 Å². The number of aromatic nitrogens is 4. The molecular formula is C6H5N5O3. The first-order valence-electron chi connectivity index (χ1n) is 3.68. The Labute approximate surface area is 76.3 Å². The fraction of sp³-hybridized carbons (Fsp3) is 0.167. The first kappa shape index (κ1) is 8.35. The summed E-state index contributed by atoms with van der Waals surface area (Å²) in [5.41, 5.74) is -0.780. The monoisotopic (exact) mass is 195 g/mol. The lowest BCUT2D eigenvalue weighted by atomic mass is 10.3. The van der Waals surface area contributed by atoms with Gasteiger partial charge < -0.3 is 0 Å². The number of nitrogens with one attached hydrogen (secondary N) is 1. The Balaban J connectivity index is 2.96. The number of hydrogen-bond donors (Lipinski definition) is 1. The Morgan fingerprint density at radius 1 is 1.64 bits per heavy atom. The first-order chi connectivity index (χ1) is 6.61. The van der Waals surface area contributed by atoms with Gasteiger partial charge in [0, 0.05) is 0 Å². The molecule has 8 nitrogen and oxygen atoms in total. The van der Waals surface area contributed by atoms with E-state index in [0.717, 1.165) is 0 Å². The van der Waals surface area contributed by atoms with Crippen LogP contribution in [-0.2, 0) is 0 Å². The normalized spacial score (nSPS) is 10.6. The van der Waals surface area contributed by atoms with Crippen LogP contribution in [0.1, 0.15) is 5.56 Å². The summed E-state index contributed by atoms with van der Waals surface area (Å²) in [6.45, 7) is 1.46. The second-order valence-corrected chi connectivity index (χ2v) is 2.70. The van der Waals surface area contributed by atoms with Crippen LogP contribution in [0.15, 0.2) is 11.1 Å². The van der Waals surface area contributed by atoms with Gasteiger partial charge in [0.1, 0.15) is 6.33 Å². The molecule has 0 fully saturated rings. The van der Waals surface area contributed by atoms with Crippen LogP contribution in [-0.4, -0.2) is 24.7 Å². The summed E-state index contributed by atoms with van der Waals surface area (Å²) < 4.78 is 1.24. The molecule has 0 radical (unpaired) electrons. The van der Waals surface area contributed by atoms with Crippen molar-refractivity contribution in [3.63, 3.8) is 0 Å².